The Bertz CT molecular complexity index is 698. The fraction of sp³-hybridized carbons (Fsp3) is 0.263. The summed E-state index contributed by atoms with van der Waals surface area (Å²) >= 11 is 0. The molecule has 0 saturated heterocycles. The predicted octanol–water partition coefficient (Wildman–Crippen LogP) is 3.50. The summed E-state index contributed by atoms with van der Waals surface area (Å²) in [4.78, 5) is 22.9. The summed E-state index contributed by atoms with van der Waals surface area (Å²) < 4.78 is 18.9. The van der Waals surface area contributed by atoms with E-state index < -0.39 is 0 Å². The number of carbonyl (C=O) groups is 2. The van der Waals surface area contributed by atoms with Crippen LogP contribution in [-0.2, 0) is 11.3 Å². The number of halogens is 1. The highest BCUT2D eigenvalue weighted by Gasteiger charge is 2.05. The van der Waals surface area contributed by atoms with Crippen molar-refractivity contribution in [2.24, 2.45) is 0 Å². The Kier molecular flexibility index (Phi) is 6.49. The molecule has 0 aliphatic carbocycles. The predicted molar refractivity (Wildman–Crippen MR) is 89.4 cm³/mol. The number of rotatable bonds is 8. The first-order chi connectivity index (χ1) is 11.6. The van der Waals surface area contributed by atoms with Gasteiger partial charge in [-0.25, -0.2) is 4.39 Å². The second-order valence-electron chi connectivity index (χ2n) is 5.40. The monoisotopic (exact) mass is 329 g/mol. The Hall–Kier alpha value is -2.69. The van der Waals surface area contributed by atoms with E-state index in [1.807, 2.05) is 0 Å². The standard InChI is InChI=1S/C19H20FNO3/c1-14(22)15-8-10-17(11-9-15)24-12-4-7-19(23)21-13-16-5-2-3-6-18(16)20/h2-3,5-6,8-11H,4,7,12-13H2,1H3,(H,21,23). The van der Waals surface area contributed by atoms with Gasteiger partial charge in [-0.2, -0.15) is 0 Å². The Morgan fingerprint density at radius 2 is 1.79 bits per heavy atom. The van der Waals surface area contributed by atoms with Gasteiger partial charge in [0.2, 0.25) is 5.91 Å². The number of benzene rings is 2. The van der Waals surface area contributed by atoms with E-state index in [1.165, 1.54) is 13.0 Å². The maximum Gasteiger partial charge on any atom is 0.220 e. The van der Waals surface area contributed by atoms with Crippen molar-refractivity contribution in [2.45, 2.75) is 26.3 Å². The molecule has 1 amide bonds. The summed E-state index contributed by atoms with van der Waals surface area (Å²) in [6, 6.07) is 13.2. The molecule has 2 rings (SSSR count). The van der Waals surface area contributed by atoms with E-state index in [0.717, 1.165) is 0 Å². The second-order valence-corrected chi connectivity index (χ2v) is 5.40. The van der Waals surface area contributed by atoms with E-state index in [4.69, 9.17) is 4.74 Å². The minimum absolute atomic E-state index is 0.00748. The van der Waals surface area contributed by atoms with Crippen LogP contribution in [0, 0.1) is 5.82 Å². The normalized spacial score (nSPS) is 10.2. The van der Waals surface area contributed by atoms with Crippen molar-refractivity contribution >= 4 is 11.7 Å². The third-order valence-corrected chi connectivity index (χ3v) is 3.51. The van der Waals surface area contributed by atoms with Crippen LogP contribution in [0.5, 0.6) is 5.75 Å². The first-order valence-electron chi connectivity index (χ1n) is 7.80. The van der Waals surface area contributed by atoms with E-state index in [0.29, 0.717) is 36.3 Å². The number of ketones is 1. The molecule has 0 aliphatic heterocycles. The largest absolute Gasteiger partial charge is 0.494 e. The van der Waals surface area contributed by atoms with Crippen LogP contribution in [0.2, 0.25) is 0 Å². The van der Waals surface area contributed by atoms with Gasteiger partial charge in [-0.15, -0.1) is 0 Å². The van der Waals surface area contributed by atoms with Gasteiger partial charge in [0, 0.05) is 24.1 Å². The van der Waals surface area contributed by atoms with Crippen molar-refractivity contribution in [3.63, 3.8) is 0 Å². The van der Waals surface area contributed by atoms with Crippen LogP contribution in [-0.4, -0.2) is 18.3 Å². The molecule has 2 aromatic rings. The zero-order valence-corrected chi connectivity index (χ0v) is 13.5. The molecule has 0 aliphatic rings. The van der Waals surface area contributed by atoms with E-state index in [1.54, 1.807) is 42.5 Å². The first-order valence-corrected chi connectivity index (χ1v) is 7.80. The lowest BCUT2D eigenvalue weighted by atomic mass is 10.1. The molecule has 0 heterocycles. The number of hydrogen-bond donors (Lipinski definition) is 1. The van der Waals surface area contributed by atoms with Crippen LogP contribution in [0.1, 0.15) is 35.7 Å². The molecule has 5 heteroatoms. The van der Waals surface area contributed by atoms with Crippen LogP contribution in [0.15, 0.2) is 48.5 Å². The number of hydrogen-bond acceptors (Lipinski definition) is 3. The minimum atomic E-state index is -0.324. The van der Waals surface area contributed by atoms with Gasteiger partial charge in [-0.05, 0) is 43.7 Å². The van der Waals surface area contributed by atoms with Gasteiger partial charge >= 0.3 is 0 Å². The molecule has 126 valence electrons. The molecule has 4 nitrogen and oxygen atoms in total. The number of amides is 1. The van der Waals surface area contributed by atoms with Crippen molar-refractivity contribution in [3.8, 4) is 5.75 Å². The van der Waals surface area contributed by atoms with Gasteiger partial charge in [0.15, 0.2) is 5.78 Å². The van der Waals surface area contributed by atoms with E-state index >= 15 is 0 Å². The van der Waals surface area contributed by atoms with Crippen LogP contribution in [0.25, 0.3) is 0 Å². The van der Waals surface area contributed by atoms with Crippen molar-refractivity contribution < 1.29 is 18.7 Å². The highest BCUT2D eigenvalue weighted by Crippen LogP contribution is 2.13. The van der Waals surface area contributed by atoms with Crippen molar-refractivity contribution in [1.82, 2.24) is 5.32 Å². The summed E-state index contributed by atoms with van der Waals surface area (Å²) in [5, 5.41) is 2.69. The smallest absolute Gasteiger partial charge is 0.220 e. The van der Waals surface area contributed by atoms with Crippen molar-refractivity contribution in [3.05, 3.63) is 65.5 Å². The summed E-state index contributed by atoms with van der Waals surface area (Å²) in [5.41, 5.74) is 1.10. The zero-order valence-electron chi connectivity index (χ0n) is 13.5. The lowest BCUT2D eigenvalue weighted by Gasteiger charge is -2.08. The van der Waals surface area contributed by atoms with E-state index in [-0.39, 0.29) is 24.1 Å². The maximum atomic E-state index is 13.4. The highest BCUT2D eigenvalue weighted by atomic mass is 19.1. The average molecular weight is 329 g/mol. The van der Waals surface area contributed by atoms with Crippen LogP contribution >= 0.6 is 0 Å². The summed E-state index contributed by atoms with van der Waals surface area (Å²) in [7, 11) is 0. The lowest BCUT2D eigenvalue weighted by Crippen LogP contribution is -2.23. The molecule has 0 radical (unpaired) electrons. The third kappa shape index (κ3) is 5.50. The van der Waals surface area contributed by atoms with Gasteiger partial charge in [-0.3, -0.25) is 9.59 Å². The van der Waals surface area contributed by atoms with Gasteiger partial charge < -0.3 is 10.1 Å². The number of Topliss-reactive ketones (excluding diaryl/α,β-unsaturated/α-hetero) is 1. The highest BCUT2D eigenvalue weighted by molar-refractivity contribution is 5.94. The molecule has 0 unspecified atom stereocenters. The van der Waals surface area contributed by atoms with Crippen LogP contribution in [0.4, 0.5) is 4.39 Å². The SMILES string of the molecule is CC(=O)c1ccc(OCCCC(=O)NCc2ccccc2F)cc1. The molecule has 0 aromatic heterocycles. The topological polar surface area (TPSA) is 55.4 Å². The second kappa shape index (κ2) is 8.82. The molecule has 1 N–H and O–H groups in total. The summed E-state index contributed by atoms with van der Waals surface area (Å²) in [6.45, 7) is 2.08. The molecule has 0 spiro atoms. The molecule has 0 atom stereocenters. The molecular formula is C19H20FNO3. The van der Waals surface area contributed by atoms with E-state index in [9.17, 15) is 14.0 Å². The fourth-order valence-corrected chi connectivity index (χ4v) is 2.13. The minimum Gasteiger partial charge on any atom is -0.494 e. The maximum absolute atomic E-state index is 13.4. The van der Waals surface area contributed by atoms with E-state index in [2.05, 4.69) is 5.32 Å². The van der Waals surface area contributed by atoms with Gasteiger partial charge in [0.1, 0.15) is 11.6 Å². The Labute approximate surface area is 140 Å². The summed E-state index contributed by atoms with van der Waals surface area (Å²) in [5.74, 6) is 0.198. The Morgan fingerprint density at radius 1 is 1.08 bits per heavy atom. The molecule has 0 saturated carbocycles. The van der Waals surface area contributed by atoms with Crippen LogP contribution in [0.3, 0.4) is 0 Å². The molecule has 24 heavy (non-hydrogen) atoms. The summed E-state index contributed by atoms with van der Waals surface area (Å²) in [6.07, 6.45) is 0.859. The van der Waals surface area contributed by atoms with Crippen molar-refractivity contribution in [1.29, 1.82) is 0 Å². The van der Waals surface area contributed by atoms with Gasteiger partial charge in [-0.1, -0.05) is 18.2 Å². The van der Waals surface area contributed by atoms with Gasteiger partial charge in [0.25, 0.3) is 0 Å². The van der Waals surface area contributed by atoms with Crippen LogP contribution < -0.4 is 10.1 Å². The number of carbonyl (C=O) groups excluding carboxylic acids is 2. The fourth-order valence-electron chi connectivity index (χ4n) is 2.13. The van der Waals surface area contributed by atoms with Gasteiger partial charge in [0.05, 0.1) is 6.61 Å². The third-order valence-electron chi connectivity index (χ3n) is 3.51. The number of nitrogens with one attached hydrogen (secondary N) is 1. The lowest BCUT2D eigenvalue weighted by molar-refractivity contribution is -0.121. The molecule has 2 aromatic carbocycles. The molecule has 0 bridgehead atoms. The zero-order chi connectivity index (χ0) is 17.4. The van der Waals surface area contributed by atoms with Crippen molar-refractivity contribution in [2.75, 3.05) is 6.61 Å². The molecule has 0 fully saturated rings. The quantitative estimate of drug-likeness (QED) is 0.596. The molecular weight excluding hydrogens is 309 g/mol. The average Bonchev–Trinajstić information content (AvgIpc) is 2.58. The number of ether oxygens (including phenoxy) is 1. The Morgan fingerprint density at radius 3 is 2.46 bits per heavy atom. The Balaban J connectivity index is 1.65. The first kappa shape index (κ1) is 17.7.